The van der Waals surface area contributed by atoms with E-state index in [4.69, 9.17) is 9.47 Å². The van der Waals surface area contributed by atoms with Gasteiger partial charge in [-0.3, -0.25) is 4.79 Å². The third-order valence-corrected chi connectivity index (χ3v) is 3.74. The Morgan fingerprint density at radius 2 is 2.43 bits per heavy atom. The van der Waals surface area contributed by atoms with E-state index in [-0.39, 0.29) is 11.9 Å². The van der Waals surface area contributed by atoms with E-state index in [0.29, 0.717) is 32.1 Å². The first-order valence-electron chi connectivity index (χ1n) is 7.01. The minimum atomic E-state index is -0.0616. The summed E-state index contributed by atoms with van der Waals surface area (Å²) >= 11 is 0. The number of hydrogen-bond acceptors (Lipinski definition) is 4. The smallest absolute Gasteiger partial charge is 0.275 e. The Hall–Kier alpha value is -1.92. The lowest BCUT2D eigenvalue weighted by Gasteiger charge is -2.34. The number of imidazole rings is 1. The molecule has 2 aromatic rings. The molecule has 0 saturated carbocycles. The molecular formula is C15H19N3O3. The second kappa shape index (κ2) is 5.83. The minimum Gasteiger partial charge on any atom is -0.382 e. The van der Waals surface area contributed by atoms with Gasteiger partial charge in [-0.1, -0.05) is 0 Å². The van der Waals surface area contributed by atoms with Crippen molar-refractivity contribution in [2.75, 3.05) is 33.5 Å². The Labute approximate surface area is 123 Å². The molecule has 3 rings (SSSR count). The van der Waals surface area contributed by atoms with E-state index >= 15 is 0 Å². The first-order valence-corrected chi connectivity index (χ1v) is 7.01. The summed E-state index contributed by atoms with van der Waals surface area (Å²) in [6, 6.07) is 3.91. The highest BCUT2D eigenvalue weighted by Gasteiger charge is 2.30. The van der Waals surface area contributed by atoms with Crippen molar-refractivity contribution in [3.8, 4) is 0 Å². The lowest BCUT2D eigenvalue weighted by Crippen LogP contribution is -2.50. The highest BCUT2D eigenvalue weighted by atomic mass is 16.5. The van der Waals surface area contributed by atoms with Crippen LogP contribution < -0.4 is 0 Å². The number of morpholine rings is 1. The molecule has 1 saturated heterocycles. The van der Waals surface area contributed by atoms with E-state index in [1.807, 2.05) is 29.7 Å². The molecule has 1 aliphatic rings. The second-order valence-corrected chi connectivity index (χ2v) is 5.27. The standard InChI is InChI=1S/C15H19N3O3/c1-11-3-4-17-10-16-14(13(17)7-11)15(19)18-5-6-21-9-12(18)8-20-2/h3-4,7,10,12H,5-6,8-9H2,1-2H3. The van der Waals surface area contributed by atoms with Gasteiger partial charge in [-0.2, -0.15) is 0 Å². The number of nitrogens with zero attached hydrogens (tertiary/aromatic N) is 3. The van der Waals surface area contributed by atoms with E-state index in [0.717, 1.165) is 11.1 Å². The lowest BCUT2D eigenvalue weighted by atomic mass is 10.2. The largest absolute Gasteiger partial charge is 0.382 e. The minimum absolute atomic E-state index is 0.0576. The molecule has 0 aromatic carbocycles. The number of hydrogen-bond donors (Lipinski definition) is 0. The van der Waals surface area contributed by atoms with Gasteiger partial charge < -0.3 is 18.8 Å². The van der Waals surface area contributed by atoms with Crippen LogP contribution in [-0.4, -0.2) is 59.7 Å². The second-order valence-electron chi connectivity index (χ2n) is 5.27. The molecule has 6 nitrogen and oxygen atoms in total. The van der Waals surface area contributed by atoms with Crippen LogP contribution in [0.25, 0.3) is 5.52 Å². The zero-order valence-corrected chi connectivity index (χ0v) is 12.3. The zero-order chi connectivity index (χ0) is 14.8. The normalized spacial score (nSPS) is 19.1. The van der Waals surface area contributed by atoms with Gasteiger partial charge in [0.2, 0.25) is 0 Å². The molecule has 1 fully saturated rings. The fraction of sp³-hybridized carbons (Fsp3) is 0.467. The van der Waals surface area contributed by atoms with Crippen LogP contribution in [-0.2, 0) is 9.47 Å². The Balaban J connectivity index is 1.93. The topological polar surface area (TPSA) is 56.1 Å². The van der Waals surface area contributed by atoms with Crippen LogP contribution in [0, 0.1) is 6.92 Å². The summed E-state index contributed by atoms with van der Waals surface area (Å²) < 4.78 is 12.5. The summed E-state index contributed by atoms with van der Waals surface area (Å²) in [6.45, 7) is 4.10. The summed E-state index contributed by atoms with van der Waals surface area (Å²) in [5, 5.41) is 0. The first-order chi connectivity index (χ1) is 10.2. The molecular weight excluding hydrogens is 270 g/mol. The summed E-state index contributed by atoms with van der Waals surface area (Å²) in [7, 11) is 1.63. The molecule has 1 aliphatic heterocycles. The maximum Gasteiger partial charge on any atom is 0.275 e. The molecule has 0 N–H and O–H groups in total. The van der Waals surface area contributed by atoms with Gasteiger partial charge in [-0.15, -0.1) is 0 Å². The average Bonchev–Trinajstić information content (AvgIpc) is 2.90. The SMILES string of the molecule is COCC1COCCN1C(=O)c1ncn2ccc(C)cc12. The van der Waals surface area contributed by atoms with Gasteiger partial charge in [0.25, 0.3) is 5.91 Å². The third-order valence-electron chi connectivity index (χ3n) is 3.74. The maximum absolute atomic E-state index is 12.8. The predicted octanol–water partition coefficient (Wildman–Crippen LogP) is 1.13. The Bertz CT molecular complexity index is 651. The summed E-state index contributed by atoms with van der Waals surface area (Å²) in [5.41, 5.74) is 2.43. The van der Waals surface area contributed by atoms with Crippen molar-refractivity contribution in [3.63, 3.8) is 0 Å². The molecule has 1 unspecified atom stereocenters. The van der Waals surface area contributed by atoms with Crippen LogP contribution in [0.1, 0.15) is 16.1 Å². The Kier molecular flexibility index (Phi) is 3.90. The molecule has 112 valence electrons. The van der Waals surface area contributed by atoms with Crippen molar-refractivity contribution < 1.29 is 14.3 Å². The summed E-state index contributed by atoms with van der Waals surface area (Å²) in [4.78, 5) is 18.9. The molecule has 2 aromatic heterocycles. The van der Waals surface area contributed by atoms with Crippen molar-refractivity contribution >= 4 is 11.4 Å². The Morgan fingerprint density at radius 3 is 3.24 bits per heavy atom. The van der Waals surface area contributed by atoms with Crippen molar-refractivity contribution in [2.24, 2.45) is 0 Å². The highest BCUT2D eigenvalue weighted by Crippen LogP contribution is 2.17. The van der Waals surface area contributed by atoms with Crippen LogP contribution in [0.2, 0.25) is 0 Å². The summed E-state index contributed by atoms with van der Waals surface area (Å²) in [5.74, 6) is -0.0616. The van der Waals surface area contributed by atoms with Gasteiger partial charge in [0.15, 0.2) is 5.69 Å². The number of pyridine rings is 1. The highest BCUT2D eigenvalue weighted by molar-refractivity contribution is 5.99. The van der Waals surface area contributed by atoms with Crippen LogP contribution in [0.3, 0.4) is 0 Å². The number of rotatable bonds is 3. The fourth-order valence-corrected chi connectivity index (χ4v) is 2.65. The summed E-state index contributed by atoms with van der Waals surface area (Å²) in [6.07, 6.45) is 3.59. The molecule has 1 amide bonds. The van der Waals surface area contributed by atoms with Gasteiger partial charge in [-0.05, 0) is 24.6 Å². The molecule has 0 aliphatic carbocycles. The molecule has 0 bridgehead atoms. The number of aromatic nitrogens is 2. The van der Waals surface area contributed by atoms with Gasteiger partial charge in [0.05, 0.1) is 31.4 Å². The number of fused-ring (bicyclic) bond motifs is 1. The number of aryl methyl sites for hydroxylation is 1. The lowest BCUT2D eigenvalue weighted by molar-refractivity contribution is -0.0253. The molecule has 21 heavy (non-hydrogen) atoms. The first kappa shape index (κ1) is 14.0. The quantitative estimate of drug-likeness (QED) is 0.850. The average molecular weight is 289 g/mol. The van der Waals surface area contributed by atoms with Crippen LogP contribution >= 0.6 is 0 Å². The Morgan fingerprint density at radius 1 is 1.57 bits per heavy atom. The third kappa shape index (κ3) is 2.64. The van der Waals surface area contributed by atoms with E-state index in [9.17, 15) is 4.79 Å². The van der Waals surface area contributed by atoms with Crippen molar-refractivity contribution in [1.29, 1.82) is 0 Å². The van der Waals surface area contributed by atoms with Crippen LogP contribution in [0.4, 0.5) is 0 Å². The number of ether oxygens (including phenoxy) is 2. The van der Waals surface area contributed by atoms with E-state index in [1.54, 1.807) is 18.3 Å². The van der Waals surface area contributed by atoms with E-state index in [1.165, 1.54) is 0 Å². The molecule has 0 spiro atoms. The number of carbonyl (C=O) groups excluding carboxylic acids is 1. The fourth-order valence-electron chi connectivity index (χ4n) is 2.65. The number of carbonyl (C=O) groups is 1. The monoisotopic (exact) mass is 289 g/mol. The van der Waals surface area contributed by atoms with Crippen LogP contribution in [0.5, 0.6) is 0 Å². The van der Waals surface area contributed by atoms with Gasteiger partial charge in [0, 0.05) is 19.9 Å². The zero-order valence-electron chi connectivity index (χ0n) is 12.3. The molecule has 3 heterocycles. The van der Waals surface area contributed by atoms with Crippen molar-refractivity contribution in [2.45, 2.75) is 13.0 Å². The number of amides is 1. The van der Waals surface area contributed by atoms with E-state index in [2.05, 4.69) is 4.98 Å². The molecule has 6 heteroatoms. The predicted molar refractivity (Wildman–Crippen MR) is 77.4 cm³/mol. The van der Waals surface area contributed by atoms with Gasteiger partial charge in [0.1, 0.15) is 6.33 Å². The molecule has 1 atom stereocenters. The maximum atomic E-state index is 12.8. The van der Waals surface area contributed by atoms with Gasteiger partial charge in [-0.25, -0.2) is 4.98 Å². The van der Waals surface area contributed by atoms with E-state index < -0.39 is 0 Å². The molecule has 0 radical (unpaired) electrons. The van der Waals surface area contributed by atoms with Crippen LogP contribution in [0.15, 0.2) is 24.7 Å². The van der Waals surface area contributed by atoms with Crippen molar-refractivity contribution in [1.82, 2.24) is 14.3 Å². The van der Waals surface area contributed by atoms with Gasteiger partial charge >= 0.3 is 0 Å². The van der Waals surface area contributed by atoms with Crippen molar-refractivity contribution in [3.05, 3.63) is 35.9 Å². The number of methoxy groups -OCH3 is 1.